The van der Waals surface area contributed by atoms with E-state index < -0.39 is 6.10 Å². The molecule has 6 nitrogen and oxygen atoms in total. The van der Waals surface area contributed by atoms with Crippen LogP contribution in [0.4, 0.5) is 15.2 Å². The van der Waals surface area contributed by atoms with Crippen LogP contribution in [0.25, 0.3) is 0 Å². The molecule has 8 heteroatoms. The number of hydrogen-bond acceptors (Lipinski definition) is 6. The first kappa shape index (κ1) is 13.9. The minimum absolute atomic E-state index is 0.271. The maximum Gasteiger partial charge on any atom is 0.257 e. The normalized spacial score (nSPS) is 18.5. The molecule has 0 radical (unpaired) electrons. The number of carbonyl (C=O) groups is 1. The SMILES string of the molecule is O=C(Nc1nncs1)C1CN(c2cccc(F)c2)CCO1. The van der Waals surface area contributed by atoms with Crippen molar-refractivity contribution in [2.45, 2.75) is 6.10 Å². The fraction of sp³-hybridized carbons (Fsp3) is 0.308. The molecule has 1 aromatic carbocycles. The second kappa shape index (κ2) is 6.15. The third-order valence-electron chi connectivity index (χ3n) is 3.12. The Labute approximate surface area is 124 Å². The summed E-state index contributed by atoms with van der Waals surface area (Å²) < 4.78 is 18.8. The van der Waals surface area contributed by atoms with Gasteiger partial charge in [0.15, 0.2) is 6.10 Å². The molecule has 110 valence electrons. The molecule has 1 amide bonds. The average molecular weight is 308 g/mol. The molecular formula is C13H13FN4O2S. The second-order valence-electron chi connectivity index (χ2n) is 4.52. The lowest BCUT2D eigenvalue weighted by atomic mass is 10.2. The smallest absolute Gasteiger partial charge is 0.257 e. The van der Waals surface area contributed by atoms with Crippen molar-refractivity contribution in [2.75, 3.05) is 29.9 Å². The van der Waals surface area contributed by atoms with Crippen LogP contribution in [0.3, 0.4) is 0 Å². The highest BCUT2D eigenvalue weighted by Gasteiger charge is 2.27. The van der Waals surface area contributed by atoms with Gasteiger partial charge in [0.1, 0.15) is 11.3 Å². The van der Waals surface area contributed by atoms with Gasteiger partial charge in [-0.15, -0.1) is 10.2 Å². The second-order valence-corrected chi connectivity index (χ2v) is 5.35. The highest BCUT2D eigenvalue weighted by molar-refractivity contribution is 7.13. The van der Waals surface area contributed by atoms with Gasteiger partial charge in [-0.3, -0.25) is 10.1 Å². The minimum atomic E-state index is -0.620. The number of amides is 1. The lowest BCUT2D eigenvalue weighted by molar-refractivity contribution is -0.128. The number of nitrogens with zero attached hydrogens (tertiary/aromatic N) is 3. The number of ether oxygens (including phenoxy) is 1. The molecule has 2 heterocycles. The van der Waals surface area contributed by atoms with Crippen molar-refractivity contribution in [3.8, 4) is 0 Å². The van der Waals surface area contributed by atoms with E-state index in [0.717, 1.165) is 5.69 Å². The van der Waals surface area contributed by atoms with Gasteiger partial charge in [-0.05, 0) is 18.2 Å². The zero-order valence-electron chi connectivity index (χ0n) is 11.0. The van der Waals surface area contributed by atoms with E-state index in [1.165, 1.54) is 29.0 Å². The van der Waals surface area contributed by atoms with Crippen LogP contribution < -0.4 is 10.2 Å². The number of benzene rings is 1. The summed E-state index contributed by atoms with van der Waals surface area (Å²) in [5.41, 5.74) is 2.28. The van der Waals surface area contributed by atoms with Crippen LogP contribution in [0.2, 0.25) is 0 Å². The number of rotatable bonds is 3. The van der Waals surface area contributed by atoms with Crippen LogP contribution in [0, 0.1) is 5.82 Å². The number of nitrogens with one attached hydrogen (secondary N) is 1. The van der Waals surface area contributed by atoms with E-state index in [1.54, 1.807) is 6.07 Å². The summed E-state index contributed by atoms with van der Waals surface area (Å²) in [6.07, 6.45) is -0.620. The molecule has 1 N–H and O–H groups in total. The van der Waals surface area contributed by atoms with E-state index >= 15 is 0 Å². The number of hydrogen-bond donors (Lipinski definition) is 1. The van der Waals surface area contributed by atoms with Crippen molar-refractivity contribution in [1.29, 1.82) is 0 Å². The van der Waals surface area contributed by atoms with Crippen molar-refractivity contribution >= 4 is 28.1 Å². The predicted octanol–water partition coefficient (Wildman–Crippen LogP) is 1.52. The Morgan fingerprint density at radius 3 is 3.19 bits per heavy atom. The van der Waals surface area contributed by atoms with Crippen molar-refractivity contribution in [1.82, 2.24) is 10.2 Å². The molecule has 0 saturated carbocycles. The molecule has 0 aliphatic carbocycles. The Hall–Kier alpha value is -2.06. The monoisotopic (exact) mass is 308 g/mol. The first-order valence-corrected chi connectivity index (χ1v) is 7.29. The Bertz CT molecular complexity index is 622. The van der Waals surface area contributed by atoms with Gasteiger partial charge < -0.3 is 9.64 Å². The summed E-state index contributed by atoms with van der Waals surface area (Å²) >= 11 is 1.24. The van der Waals surface area contributed by atoms with Crippen LogP contribution in [-0.2, 0) is 9.53 Å². The summed E-state index contributed by atoms with van der Waals surface area (Å²) in [4.78, 5) is 14.0. The number of morpholine rings is 1. The molecular weight excluding hydrogens is 295 g/mol. The first-order valence-electron chi connectivity index (χ1n) is 6.41. The number of aromatic nitrogens is 2. The third-order valence-corrected chi connectivity index (χ3v) is 3.73. The molecule has 1 saturated heterocycles. The highest BCUT2D eigenvalue weighted by Crippen LogP contribution is 2.19. The first-order chi connectivity index (χ1) is 10.2. The fourth-order valence-corrected chi connectivity index (χ4v) is 2.58. The van der Waals surface area contributed by atoms with Crippen LogP contribution in [0.5, 0.6) is 0 Å². The summed E-state index contributed by atoms with van der Waals surface area (Å²) in [6, 6.07) is 6.30. The maximum absolute atomic E-state index is 13.3. The molecule has 1 aliphatic rings. The molecule has 1 fully saturated rings. The molecule has 1 atom stereocenters. The van der Waals surface area contributed by atoms with Crippen LogP contribution in [0.15, 0.2) is 29.8 Å². The van der Waals surface area contributed by atoms with Gasteiger partial charge in [0, 0.05) is 12.2 Å². The standard InChI is InChI=1S/C13H13FN4O2S/c14-9-2-1-3-10(6-9)18-4-5-20-11(7-18)12(19)16-13-17-15-8-21-13/h1-3,6,8,11H,4-5,7H2,(H,16,17,19). The van der Waals surface area contributed by atoms with E-state index in [-0.39, 0.29) is 11.7 Å². The Kier molecular flexibility index (Phi) is 4.07. The van der Waals surface area contributed by atoms with Crippen molar-refractivity contribution in [2.24, 2.45) is 0 Å². The maximum atomic E-state index is 13.3. The van der Waals surface area contributed by atoms with E-state index in [2.05, 4.69) is 15.5 Å². The lowest BCUT2D eigenvalue weighted by Gasteiger charge is -2.33. The van der Waals surface area contributed by atoms with Crippen LogP contribution in [0.1, 0.15) is 0 Å². The van der Waals surface area contributed by atoms with Gasteiger partial charge >= 0.3 is 0 Å². The molecule has 1 aromatic heterocycles. The quantitative estimate of drug-likeness (QED) is 0.931. The summed E-state index contributed by atoms with van der Waals surface area (Å²) in [5, 5.41) is 10.5. The molecule has 0 bridgehead atoms. The molecule has 1 unspecified atom stereocenters. The van der Waals surface area contributed by atoms with Gasteiger partial charge in [-0.2, -0.15) is 0 Å². The van der Waals surface area contributed by atoms with E-state index in [0.29, 0.717) is 24.8 Å². The Morgan fingerprint density at radius 2 is 2.43 bits per heavy atom. The van der Waals surface area contributed by atoms with Gasteiger partial charge in [0.2, 0.25) is 5.13 Å². The predicted molar refractivity (Wildman–Crippen MR) is 76.9 cm³/mol. The summed E-state index contributed by atoms with van der Waals surface area (Å²) in [5.74, 6) is -0.568. The summed E-state index contributed by atoms with van der Waals surface area (Å²) in [7, 11) is 0. The zero-order valence-corrected chi connectivity index (χ0v) is 11.8. The van der Waals surface area contributed by atoms with Gasteiger partial charge in [0.05, 0.1) is 13.2 Å². The Balaban J connectivity index is 1.66. The number of halogens is 1. The van der Waals surface area contributed by atoms with Gasteiger partial charge in [-0.25, -0.2) is 4.39 Å². The van der Waals surface area contributed by atoms with E-state index in [4.69, 9.17) is 4.74 Å². The van der Waals surface area contributed by atoms with Crippen LogP contribution in [-0.4, -0.2) is 41.9 Å². The molecule has 0 spiro atoms. The van der Waals surface area contributed by atoms with Gasteiger partial charge in [0.25, 0.3) is 5.91 Å². The van der Waals surface area contributed by atoms with E-state index in [1.807, 2.05) is 11.0 Å². The van der Waals surface area contributed by atoms with Crippen LogP contribution >= 0.6 is 11.3 Å². The molecule has 1 aliphatic heterocycles. The third kappa shape index (κ3) is 3.34. The van der Waals surface area contributed by atoms with E-state index in [9.17, 15) is 9.18 Å². The average Bonchev–Trinajstić information content (AvgIpc) is 3.00. The van der Waals surface area contributed by atoms with Crippen molar-refractivity contribution < 1.29 is 13.9 Å². The fourth-order valence-electron chi connectivity index (χ4n) is 2.13. The van der Waals surface area contributed by atoms with Gasteiger partial charge in [-0.1, -0.05) is 17.4 Å². The van der Waals surface area contributed by atoms with Crippen molar-refractivity contribution in [3.63, 3.8) is 0 Å². The topological polar surface area (TPSA) is 67.4 Å². The number of carbonyl (C=O) groups excluding carboxylic acids is 1. The Morgan fingerprint density at radius 1 is 1.52 bits per heavy atom. The highest BCUT2D eigenvalue weighted by atomic mass is 32.1. The largest absolute Gasteiger partial charge is 0.366 e. The minimum Gasteiger partial charge on any atom is -0.366 e. The summed E-state index contributed by atoms with van der Waals surface area (Å²) in [6.45, 7) is 1.39. The molecule has 3 rings (SSSR count). The molecule has 21 heavy (non-hydrogen) atoms. The lowest BCUT2D eigenvalue weighted by Crippen LogP contribution is -2.48. The zero-order chi connectivity index (χ0) is 14.7. The van der Waals surface area contributed by atoms with Crippen molar-refractivity contribution in [3.05, 3.63) is 35.6 Å². The number of anilines is 2. The molecule has 2 aromatic rings.